The van der Waals surface area contributed by atoms with Crippen LogP contribution in [0.3, 0.4) is 0 Å². The van der Waals surface area contributed by atoms with Crippen molar-refractivity contribution < 1.29 is 18.9 Å². The number of amides is 2. The molecule has 0 radical (unpaired) electrons. The fourth-order valence-corrected chi connectivity index (χ4v) is 2.99. The Morgan fingerprint density at radius 2 is 1.96 bits per heavy atom. The lowest BCUT2D eigenvalue weighted by Gasteiger charge is -2.20. The van der Waals surface area contributed by atoms with Crippen LogP contribution in [0.1, 0.15) is 11.8 Å². The third kappa shape index (κ3) is 6.28. The summed E-state index contributed by atoms with van der Waals surface area (Å²) >= 11 is 1.67. The Bertz CT molecular complexity index is 689. The lowest BCUT2D eigenvalue weighted by Crippen LogP contribution is -3.15. The van der Waals surface area contributed by atoms with Gasteiger partial charge in [0, 0.05) is 17.1 Å². The fraction of sp³-hybridized carbons (Fsp3) is 0.333. The molecule has 3 N–H and O–H groups in total. The smallest absolute Gasteiger partial charge is 0.279 e. The molecule has 7 heteroatoms. The third-order valence-corrected chi connectivity index (χ3v) is 4.89. The van der Waals surface area contributed by atoms with Crippen LogP contribution in [-0.4, -0.2) is 38.0 Å². The SMILES string of the molecule is C[C@@H](C(=O)NCCc1cccs1)[NH+](C)CC(=O)Nc1ccc(F)cc1. The Morgan fingerprint density at radius 1 is 1.24 bits per heavy atom. The van der Waals surface area contributed by atoms with Crippen molar-refractivity contribution in [2.45, 2.75) is 19.4 Å². The van der Waals surface area contributed by atoms with Crippen LogP contribution in [0, 0.1) is 5.82 Å². The number of rotatable bonds is 8. The van der Waals surface area contributed by atoms with Crippen molar-refractivity contribution in [3.05, 3.63) is 52.5 Å². The van der Waals surface area contributed by atoms with E-state index in [1.54, 1.807) is 25.3 Å². The number of nitrogens with one attached hydrogen (secondary N) is 3. The van der Waals surface area contributed by atoms with Gasteiger partial charge in [0.1, 0.15) is 5.82 Å². The molecule has 1 heterocycles. The molecule has 0 bridgehead atoms. The normalized spacial score (nSPS) is 13.1. The second-order valence-corrected chi connectivity index (χ2v) is 6.95. The number of quaternary nitrogens is 1. The molecule has 0 aliphatic heterocycles. The van der Waals surface area contributed by atoms with Crippen molar-refractivity contribution in [2.24, 2.45) is 0 Å². The van der Waals surface area contributed by atoms with Gasteiger partial charge in [0.25, 0.3) is 11.8 Å². The molecule has 0 aliphatic rings. The van der Waals surface area contributed by atoms with Gasteiger partial charge in [-0.25, -0.2) is 4.39 Å². The van der Waals surface area contributed by atoms with E-state index in [0.717, 1.165) is 11.3 Å². The summed E-state index contributed by atoms with van der Waals surface area (Å²) in [5, 5.41) is 7.61. The molecule has 2 rings (SSSR count). The largest absolute Gasteiger partial charge is 0.351 e. The van der Waals surface area contributed by atoms with E-state index >= 15 is 0 Å². The molecule has 0 saturated heterocycles. The Kier molecular flexibility index (Phi) is 7.09. The first-order valence-corrected chi connectivity index (χ1v) is 9.01. The monoisotopic (exact) mass is 364 g/mol. The molecule has 0 fully saturated rings. The molecule has 2 amide bonds. The van der Waals surface area contributed by atoms with E-state index in [2.05, 4.69) is 10.6 Å². The summed E-state index contributed by atoms with van der Waals surface area (Å²) in [5.74, 6) is -0.653. The van der Waals surface area contributed by atoms with E-state index in [0.29, 0.717) is 12.2 Å². The topological polar surface area (TPSA) is 62.6 Å². The van der Waals surface area contributed by atoms with Crippen LogP contribution in [0.5, 0.6) is 0 Å². The quantitative estimate of drug-likeness (QED) is 0.657. The molecule has 1 aromatic carbocycles. The van der Waals surface area contributed by atoms with Crippen LogP contribution in [0.4, 0.5) is 10.1 Å². The molecule has 134 valence electrons. The molecule has 2 atom stereocenters. The van der Waals surface area contributed by atoms with Crippen LogP contribution in [0.2, 0.25) is 0 Å². The standard InChI is InChI=1S/C18H22FN3O2S/c1-13(18(24)20-10-9-16-4-3-11-25-16)22(2)12-17(23)21-15-7-5-14(19)6-8-15/h3-8,11,13H,9-10,12H2,1-2H3,(H,20,24)(H,21,23)/p+1/t13-/m0/s1. The number of hydrogen-bond acceptors (Lipinski definition) is 3. The van der Waals surface area contributed by atoms with Crippen molar-refractivity contribution in [3.63, 3.8) is 0 Å². The maximum absolute atomic E-state index is 12.9. The van der Waals surface area contributed by atoms with Crippen LogP contribution < -0.4 is 15.5 Å². The zero-order valence-corrected chi connectivity index (χ0v) is 15.2. The van der Waals surface area contributed by atoms with Gasteiger partial charge in [-0.05, 0) is 49.1 Å². The van der Waals surface area contributed by atoms with E-state index in [1.807, 2.05) is 17.5 Å². The summed E-state index contributed by atoms with van der Waals surface area (Å²) < 4.78 is 12.9. The van der Waals surface area contributed by atoms with E-state index < -0.39 is 0 Å². The van der Waals surface area contributed by atoms with Gasteiger partial charge in [-0.2, -0.15) is 0 Å². The minimum absolute atomic E-state index is 0.0800. The van der Waals surface area contributed by atoms with E-state index in [4.69, 9.17) is 0 Å². The number of thiophene rings is 1. The second-order valence-electron chi connectivity index (χ2n) is 5.92. The average molecular weight is 364 g/mol. The van der Waals surface area contributed by atoms with E-state index in [-0.39, 0.29) is 30.2 Å². The lowest BCUT2D eigenvalue weighted by molar-refractivity contribution is -0.885. The summed E-state index contributed by atoms with van der Waals surface area (Å²) in [6.45, 7) is 2.52. The van der Waals surface area contributed by atoms with Gasteiger partial charge in [0.2, 0.25) is 0 Å². The Balaban J connectivity index is 1.74. The van der Waals surface area contributed by atoms with Crippen molar-refractivity contribution >= 4 is 28.8 Å². The zero-order valence-electron chi connectivity index (χ0n) is 14.3. The van der Waals surface area contributed by atoms with Crippen molar-refractivity contribution in [3.8, 4) is 0 Å². The predicted octanol–water partition coefficient (Wildman–Crippen LogP) is 1.09. The number of carbonyl (C=O) groups excluding carboxylic acids is 2. The van der Waals surface area contributed by atoms with Gasteiger partial charge < -0.3 is 15.5 Å². The highest BCUT2D eigenvalue weighted by molar-refractivity contribution is 7.09. The first kappa shape index (κ1) is 19.1. The van der Waals surface area contributed by atoms with Crippen LogP contribution >= 0.6 is 11.3 Å². The summed E-state index contributed by atoms with van der Waals surface area (Å²) in [5.41, 5.74) is 0.534. The van der Waals surface area contributed by atoms with Crippen LogP contribution in [-0.2, 0) is 16.0 Å². The lowest BCUT2D eigenvalue weighted by atomic mass is 10.2. The summed E-state index contributed by atoms with van der Waals surface area (Å²) in [4.78, 5) is 26.3. The molecule has 1 unspecified atom stereocenters. The fourth-order valence-electron chi connectivity index (χ4n) is 2.29. The van der Waals surface area contributed by atoms with Gasteiger partial charge in [0.05, 0.1) is 7.05 Å². The molecule has 0 saturated carbocycles. The number of carbonyl (C=O) groups is 2. The van der Waals surface area contributed by atoms with Crippen LogP contribution in [0.25, 0.3) is 0 Å². The maximum Gasteiger partial charge on any atom is 0.279 e. The number of benzene rings is 1. The van der Waals surface area contributed by atoms with E-state index in [1.165, 1.54) is 29.1 Å². The Hall–Kier alpha value is -2.25. The number of hydrogen-bond donors (Lipinski definition) is 3. The van der Waals surface area contributed by atoms with Gasteiger partial charge >= 0.3 is 0 Å². The second kappa shape index (κ2) is 9.29. The minimum Gasteiger partial charge on any atom is -0.351 e. The highest BCUT2D eigenvalue weighted by atomic mass is 32.1. The molecule has 0 spiro atoms. The Morgan fingerprint density at radius 3 is 2.60 bits per heavy atom. The minimum atomic E-state index is -0.353. The highest BCUT2D eigenvalue weighted by Gasteiger charge is 2.23. The summed E-state index contributed by atoms with van der Waals surface area (Å²) in [6.07, 6.45) is 0.806. The Labute approximate surface area is 150 Å². The molecular formula is C18H23FN3O2S+. The molecule has 2 aromatic rings. The molecule has 5 nitrogen and oxygen atoms in total. The molecule has 0 aliphatic carbocycles. The van der Waals surface area contributed by atoms with Gasteiger partial charge in [-0.1, -0.05) is 6.07 Å². The van der Waals surface area contributed by atoms with Gasteiger partial charge in [0.15, 0.2) is 12.6 Å². The molecule has 25 heavy (non-hydrogen) atoms. The van der Waals surface area contributed by atoms with Gasteiger partial charge in [-0.3, -0.25) is 9.59 Å². The predicted molar refractivity (Wildman–Crippen MR) is 97.3 cm³/mol. The maximum atomic E-state index is 12.9. The van der Waals surface area contributed by atoms with Crippen LogP contribution in [0.15, 0.2) is 41.8 Å². The van der Waals surface area contributed by atoms with E-state index in [9.17, 15) is 14.0 Å². The van der Waals surface area contributed by atoms with Crippen molar-refractivity contribution in [1.29, 1.82) is 0 Å². The van der Waals surface area contributed by atoms with Crippen molar-refractivity contribution in [2.75, 3.05) is 25.5 Å². The first-order valence-electron chi connectivity index (χ1n) is 8.13. The van der Waals surface area contributed by atoms with Gasteiger partial charge in [-0.15, -0.1) is 11.3 Å². The molecule has 1 aromatic heterocycles. The molecular weight excluding hydrogens is 341 g/mol. The first-order chi connectivity index (χ1) is 12.0. The third-order valence-electron chi connectivity index (χ3n) is 3.95. The number of likely N-dealkylation sites (N-methyl/N-ethyl adjacent to an activating group) is 1. The average Bonchev–Trinajstić information content (AvgIpc) is 3.09. The number of halogens is 1. The summed E-state index contributed by atoms with van der Waals surface area (Å²) in [7, 11) is 1.80. The number of anilines is 1. The summed E-state index contributed by atoms with van der Waals surface area (Å²) in [6, 6.07) is 9.26. The van der Waals surface area contributed by atoms with Crippen molar-refractivity contribution in [1.82, 2.24) is 5.32 Å². The zero-order chi connectivity index (χ0) is 18.2. The highest BCUT2D eigenvalue weighted by Crippen LogP contribution is 2.08.